The van der Waals surface area contributed by atoms with Crippen LogP contribution >= 0.6 is 0 Å². The third-order valence-electron chi connectivity index (χ3n) is 4.19. The maximum atomic E-state index is 12.7. The van der Waals surface area contributed by atoms with Crippen molar-refractivity contribution in [1.29, 1.82) is 0 Å². The molecule has 1 aliphatic rings. The zero-order chi connectivity index (χ0) is 18.1. The number of likely N-dealkylation sites (tertiary alicyclic amines) is 1. The highest BCUT2D eigenvalue weighted by atomic mass is 16.2. The third kappa shape index (κ3) is 5.04. The fourth-order valence-corrected chi connectivity index (χ4v) is 2.95. The van der Waals surface area contributed by atoms with E-state index in [1.54, 1.807) is 17.2 Å². The molecule has 6 nitrogen and oxygen atoms in total. The lowest BCUT2D eigenvalue weighted by atomic mass is 9.87. The molecule has 0 aromatic heterocycles. The van der Waals surface area contributed by atoms with Crippen molar-refractivity contribution in [2.75, 3.05) is 19.6 Å². The van der Waals surface area contributed by atoms with E-state index in [0.717, 1.165) is 5.56 Å². The number of rotatable bonds is 9. The molecule has 2 rings (SSSR count). The summed E-state index contributed by atoms with van der Waals surface area (Å²) >= 11 is 0. The van der Waals surface area contributed by atoms with Crippen molar-refractivity contribution in [3.05, 3.63) is 48.2 Å². The zero-order valence-corrected chi connectivity index (χ0v) is 14.0. The van der Waals surface area contributed by atoms with Gasteiger partial charge in [0.1, 0.15) is 0 Å². The lowest BCUT2D eigenvalue weighted by Crippen LogP contribution is -2.30. The highest BCUT2D eigenvalue weighted by Crippen LogP contribution is 2.28. The Bertz CT molecular complexity index is 682. The van der Waals surface area contributed by atoms with Crippen LogP contribution in [0.2, 0.25) is 0 Å². The number of allylic oxidation sites excluding steroid dienone is 1. The third-order valence-corrected chi connectivity index (χ3v) is 4.19. The molecule has 1 heterocycles. The molecule has 130 valence electrons. The number of Topliss-reactive ketones (excluding diaryl/α,β-unsaturated/α-hetero) is 1. The second kappa shape index (κ2) is 9.42. The van der Waals surface area contributed by atoms with Crippen molar-refractivity contribution < 1.29 is 14.4 Å². The minimum atomic E-state index is -0.584. The normalized spacial score (nSPS) is 20.5. The summed E-state index contributed by atoms with van der Waals surface area (Å²) in [4.78, 5) is 44.9. The standard InChI is InChI=1S/C19H21N3O3/c1-20-8-5-9-21-10-11-22-13-17(18(24)14-23)16(19(22)25)12-15-6-3-2-4-7-15/h2-9,14,16-17H,1,10-13H2/b8-5-,21-9-/t16-,17?/m1/s1. The first-order valence-electron chi connectivity index (χ1n) is 8.10. The molecule has 1 unspecified atom stereocenters. The molecule has 2 atom stereocenters. The number of nitrogens with zero attached hydrogens (tertiary/aromatic N) is 3. The molecule has 25 heavy (non-hydrogen) atoms. The second-order valence-electron chi connectivity index (χ2n) is 5.79. The average Bonchev–Trinajstić information content (AvgIpc) is 2.94. The van der Waals surface area contributed by atoms with Crippen molar-refractivity contribution in [2.45, 2.75) is 6.42 Å². The molecule has 0 bridgehead atoms. The minimum absolute atomic E-state index is 0.0949. The molecule has 0 aliphatic carbocycles. The van der Waals surface area contributed by atoms with Crippen molar-refractivity contribution in [1.82, 2.24) is 4.90 Å². The van der Waals surface area contributed by atoms with Crippen LogP contribution in [-0.2, 0) is 20.8 Å². The largest absolute Gasteiger partial charge is 0.340 e. The van der Waals surface area contributed by atoms with Crippen molar-refractivity contribution >= 4 is 30.9 Å². The Balaban J connectivity index is 2.03. The number of hydrogen-bond acceptors (Lipinski definition) is 5. The van der Waals surface area contributed by atoms with Crippen LogP contribution in [0.3, 0.4) is 0 Å². The lowest BCUT2D eigenvalue weighted by molar-refractivity contribution is -0.135. The predicted octanol–water partition coefficient (Wildman–Crippen LogP) is 1.36. The van der Waals surface area contributed by atoms with Crippen LogP contribution in [0, 0.1) is 11.8 Å². The molecule has 0 saturated carbocycles. The van der Waals surface area contributed by atoms with Gasteiger partial charge < -0.3 is 4.90 Å². The zero-order valence-electron chi connectivity index (χ0n) is 14.0. The van der Waals surface area contributed by atoms with Crippen LogP contribution in [0.5, 0.6) is 0 Å². The molecular formula is C19H21N3O3. The Kier molecular flexibility index (Phi) is 6.95. The summed E-state index contributed by atoms with van der Waals surface area (Å²) in [5.41, 5.74) is 0.978. The van der Waals surface area contributed by atoms with Gasteiger partial charge in [0.05, 0.1) is 18.4 Å². The smallest absolute Gasteiger partial charge is 0.226 e. The van der Waals surface area contributed by atoms with Crippen molar-refractivity contribution in [3.8, 4) is 0 Å². The Hall–Kier alpha value is -2.89. The SMILES string of the molecule is C=N/C=C\C=N/CCN1CC(C(=O)C=O)[C@@H](Cc2ccccc2)C1=O. The van der Waals surface area contributed by atoms with E-state index in [0.29, 0.717) is 25.8 Å². The van der Waals surface area contributed by atoms with E-state index >= 15 is 0 Å². The molecule has 6 heteroatoms. The van der Waals surface area contributed by atoms with Gasteiger partial charge in [0.15, 0.2) is 6.29 Å². The molecule has 1 amide bonds. The van der Waals surface area contributed by atoms with Crippen LogP contribution in [0.4, 0.5) is 0 Å². The van der Waals surface area contributed by atoms with Crippen LogP contribution in [0.25, 0.3) is 0 Å². The van der Waals surface area contributed by atoms with Crippen LogP contribution in [-0.4, -0.2) is 55.4 Å². The van der Waals surface area contributed by atoms with Crippen LogP contribution in [0.15, 0.2) is 52.6 Å². The molecule has 0 N–H and O–H groups in total. The number of amides is 1. The quantitative estimate of drug-likeness (QED) is 0.387. The van der Waals surface area contributed by atoms with Crippen molar-refractivity contribution in [2.24, 2.45) is 21.8 Å². The first kappa shape index (κ1) is 18.4. The van der Waals surface area contributed by atoms with Gasteiger partial charge in [0.25, 0.3) is 0 Å². The Labute approximate surface area is 147 Å². The number of hydrogen-bond donors (Lipinski definition) is 0. The molecule has 0 radical (unpaired) electrons. The van der Waals surface area contributed by atoms with Gasteiger partial charge >= 0.3 is 0 Å². The highest BCUT2D eigenvalue weighted by Gasteiger charge is 2.43. The predicted molar refractivity (Wildman–Crippen MR) is 96.8 cm³/mol. The molecule has 1 saturated heterocycles. The maximum Gasteiger partial charge on any atom is 0.226 e. The number of ketones is 1. The van der Waals surface area contributed by atoms with E-state index in [1.807, 2.05) is 30.3 Å². The topological polar surface area (TPSA) is 79.2 Å². The highest BCUT2D eigenvalue weighted by molar-refractivity contribution is 6.27. The molecule has 1 fully saturated rings. The van der Waals surface area contributed by atoms with Gasteiger partial charge in [-0.1, -0.05) is 30.3 Å². The van der Waals surface area contributed by atoms with E-state index in [9.17, 15) is 14.4 Å². The summed E-state index contributed by atoms with van der Waals surface area (Å²) in [5, 5.41) is 0. The summed E-state index contributed by atoms with van der Waals surface area (Å²) in [7, 11) is 0. The molecule has 1 aliphatic heterocycles. The van der Waals surface area contributed by atoms with Gasteiger partial charge in [-0.3, -0.25) is 24.4 Å². The fraction of sp³-hybridized carbons (Fsp3) is 0.316. The number of carbonyl (C=O) groups excluding carboxylic acids is 3. The molecule has 1 aromatic rings. The first-order valence-corrected chi connectivity index (χ1v) is 8.10. The molecule has 0 spiro atoms. The number of carbonyl (C=O) groups is 3. The minimum Gasteiger partial charge on any atom is -0.340 e. The second-order valence-corrected chi connectivity index (χ2v) is 5.79. The van der Waals surface area contributed by atoms with E-state index in [1.165, 1.54) is 6.20 Å². The van der Waals surface area contributed by atoms with Gasteiger partial charge in [-0.15, -0.1) is 0 Å². The van der Waals surface area contributed by atoms with Gasteiger partial charge in [0, 0.05) is 25.5 Å². The fourth-order valence-electron chi connectivity index (χ4n) is 2.95. The van der Waals surface area contributed by atoms with E-state index < -0.39 is 17.6 Å². The molecular weight excluding hydrogens is 318 g/mol. The van der Waals surface area contributed by atoms with Gasteiger partial charge in [0.2, 0.25) is 11.7 Å². The van der Waals surface area contributed by atoms with E-state index in [2.05, 4.69) is 16.7 Å². The van der Waals surface area contributed by atoms with Gasteiger partial charge in [-0.05, 0) is 24.8 Å². The van der Waals surface area contributed by atoms with Gasteiger partial charge in [-0.2, -0.15) is 0 Å². The summed E-state index contributed by atoms with van der Waals surface area (Å²) < 4.78 is 0. The first-order chi connectivity index (χ1) is 12.2. The van der Waals surface area contributed by atoms with Crippen LogP contribution in [0.1, 0.15) is 5.56 Å². The number of aldehydes is 1. The van der Waals surface area contributed by atoms with E-state index in [4.69, 9.17) is 0 Å². The summed E-state index contributed by atoms with van der Waals surface area (Å²) in [6.45, 7) is 4.43. The van der Waals surface area contributed by atoms with E-state index in [-0.39, 0.29) is 12.5 Å². The average molecular weight is 339 g/mol. The lowest BCUT2D eigenvalue weighted by Gasteiger charge is -2.15. The summed E-state index contributed by atoms with van der Waals surface area (Å²) in [5.74, 6) is -1.68. The Morgan fingerprint density at radius 2 is 2.08 bits per heavy atom. The maximum absolute atomic E-state index is 12.7. The van der Waals surface area contributed by atoms with Gasteiger partial charge in [-0.25, -0.2) is 0 Å². The summed E-state index contributed by atoms with van der Waals surface area (Å²) in [6, 6.07) is 9.52. The summed E-state index contributed by atoms with van der Waals surface area (Å²) in [6.07, 6.45) is 5.53. The monoisotopic (exact) mass is 339 g/mol. The van der Waals surface area contributed by atoms with Crippen molar-refractivity contribution in [3.63, 3.8) is 0 Å². The Morgan fingerprint density at radius 3 is 2.76 bits per heavy atom. The number of aliphatic imine (C=N–C) groups is 2. The van der Waals surface area contributed by atoms with Crippen LogP contribution < -0.4 is 0 Å². The molecule has 1 aromatic carbocycles. The number of benzene rings is 1. The Morgan fingerprint density at radius 1 is 1.32 bits per heavy atom.